The molecule has 0 spiro atoms. The van der Waals surface area contributed by atoms with E-state index in [2.05, 4.69) is 4.72 Å². The highest BCUT2D eigenvalue weighted by molar-refractivity contribution is 7.89. The molecule has 0 bridgehead atoms. The number of ether oxygens (including phenoxy) is 1. The summed E-state index contributed by atoms with van der Waals surface area (Å²) in [4.78, 5) is 10.1. The molecular weight excluding hydrogens is 334 g/mol. The third-order valence-corrected chi connectivity index (χ3v) is 5.94. The van der Waals surface area contributed by atoms with Crippen LogP contribution in [0.5, 0.6) is 5.75 Å². The van der Waals surface area contributed by atoms with Crippen molar-refractivity contribution < 1.29 is 18.1 Å². The molecule has 1 saturated carbocycles. The van der Waals surface area contributed by atoms with Gasteiger partial charge in [-0.2, -0.15) is 0 Å². The van der Waals surface area contributed by atoms with E-state index in [1.807, 2.05) is 0 Å². The zero-order valence-corrected chi connectivity index (χ0v) is 14.4. The molecule has 134 valence electrons. The fourth-order valence-electron chi connectivity index (χ4n) is 3.13. The summed E-state index contributed by atoms with van der Waals surface area (Å²) in [7, 11) is -2.66. The lowest BCUT2D eigenvalue weighted by Gasteiger charge is -2.30. The number of non-ortho nitro benzene ring substituents is 1. The van der Waals surface area contributed by atoms with Crippen molar-refractivity contribution in [3.8, 4) is 5.75 Å². The first-order valence-electron chi connectivity index (χ1n) is 7.94. The Morgan fingerprint density at radius 2 is 2.04 bits per heavy atom. The summed E-state index contributed by atoms with van der Waals surface area (Å²) in [5.41, 5.74) is 5.46. The first-order valence-corrected chi connectivity index (χ1v) is 9.42. The van der Waals surface area contributed by atoms with Crippen molar-refractivity contribution in [3.05, 3.63) is 28.3 Å². The van der Waals surface area contributed by atoms with E-state index in [0.717, 1.165) is 38.2 Å². The summed E-state index contributed by atoms with van der Waals surface area (Å²) in [6, 6.07) is 3.11. The van der Waals surface area contributed by atoms with Crippen molar-refractivity contribution in [2.45, 2.75) is 43.0 Å². The molecule has 1 atom stereocenters. The number of sulfonamides is 1. The molecule has 0 amide bonds. The van der Waals surface area contributed by atoms with Crippen LogP contribution in [0.25, 0.3) is 0 Å². The Hall–Kier alpha value is -1.71. The Morgan fingerprint density at radius 3 is 2.58 bits per heavy atom. The highest BCUT2D eigenvalue weighted by Crippen LogP contribution is 2.30. The van der Waals surface area contributed by atoms with Gasteiger partial charge >= 0.3 is 0 Å². The summed E-state index contributed by atoms with van der Waals surface area (Å²) < 4.78 is 33.1. The molecule has 1 aromatic rings. The molecule has 0 heterocycles. The van der Waals surface area contributed by atoms with Crippen LogP contribution in [0.1, 0.15) is 32.1 Å². The summed E-state index contributed by atoms with van der Waals surface area (Å²) in [5, 5.41) is 10.9. The van der Waals surface area contributed by atoms with Crippen molar-refractivity contribution in [2.24, 2.45) is 11.7 Å². The van der Waals surface area contributed by atoms with Gasteiger partial charge in [0.25, 0.3) is 5.69 Å². The summed E-state index contributed by atoms with van der Waals surface area (Å²) in [6.45, 7) is 0.182. The molecule has 1 aromatic carbocycles. The lowest BCUT2D eigenvalue weighted by molar-refractivity contribution is -0.385. The molecule has 9 heteroatoms. The third-order valence-electron chi connectivity index (χ3n) is 4.43. The monoisotopic (exact) mass is 357 g/mol. The van der Waals surface area contributed by atoms with Crippen molar-refractivity contribution in [1.82, 2.24) is 4.72 Å². The van der Waals surface area contributed by atoms with Gasteiger partial charge in [-0.05, 0) is 24.8 Å². The van der Waals surface area contributed by atoms with Crippen molar-refractivity contribution in [3.63, 3.8) is 0 Å². The first-order chi connectivity index (χ1) is 11.4. The van der Waals surface area contributed by atoms with Crippen LogP contribution in [-0.2, 0) is 10.0 Å². The highest BCUT2D eigenvalue weighted by Gasteiger charge is 2.30. The van der Waals surface area contributed by atoms with Gasteiger partial charge in [0.15, 0.2) is 0 Å². The van der Waals surface area contributed by atoms with Crippen molar-refractivity contribution >= 4 is 15.7 Å². The summed E-state index contributed by atoms with van der Waals surface area (Å²) in [5.74, 6) is 0.246. The molecule has 0 aliphatic heterocycles. The van der Waals surface area contributed by atoms with Gasteiger partial charge in [-0.15, -0.1) is 0 Å². The Balaban J connectivity index is 2.31. The Bertz CT molecular complexity index is 686. The largest absolute Gasteiger partial charge is 0.495 e. The second-order valence-corrected chi connectivity index (χ2v) is 7.64. The quantitative estimate of drug-likeness (QED) is 0.566. The average Bonchev–Trinajstić information content (AvgIpc) is 2.59. The van der Waals surface area contributed by atoms with Crippen LogP contribution in [0.15, 0.2) is 23.1 Å². The molecule has 1 unspecified atom stereocenters. The number of hydrogen-bond donors (Lipinski definition) is 2. The molecule has 8 nitrogen and oxygen atoms in total. The van der Waals surface area contributed by atoms with E-state index < -0.39 is 14.9 Å². The Labute approximate surface area is 141 Å². The number of benzene rings is 1. The van der Waals surface area contributed by atoms with Gasteiger partial charge in [0.1, 0.15) is 10.6 Å². The van der Waals surface area contributed by atoms with Crippen LogP contribution in [0.3, 0.4) is 0 Å². The average molecular weight is 357 g/mol. The van der Waals surface area contributed by atoms with Gasteiger partial charge in [0.05, 0.1) is 12.0 Å². The number of nitrogens with zero attached hydrogens (tertiary/aromatic N) is 1. The molecule has 1 aliphatic carbocycles. The molecule has 2 rings (SSSR count). The molecule has 0 radical (unpaired) electrons. The first kappa shape index (κ1) is 18.6. The number of rotatable bonds is 7. The lowest BCUT2D eigenvalue weighted by atomic mass is 9.84. The zero-order chi connectivity index (χ0) is 17.7. The van der Waals surface area contributed by atoms with Crippen molar-refractivity contribution in [1.29, 1.82) is 0 Å². The van der Waals surface area contributed by atoms with Crippen LogP contribution in [0.4, 0.5) is 5.69 Å². The van der Waals surface area contributed by atoms with E-state index in [1.165, 1.54) is 19.2 Å². The molecule has 3 N–H and O–H groups in total. The number of nitro groups is 1. The summed E-state index contributed by atoms with van der Waals surface area (Å²) >= 11 is 0. The number of methoxy groups -OCH3 is 1. The molecule has 0 saturated heterocycles. The topological polar surface area (TPSA) is 125 Å². The van der Waals surface area contributed by atoms with Gasteiger partial charge in [-0.1, -0.05) is 19.3 Å². The van der Waals surface area contributed by atoms with Crippen LogP contribution < -0.4 is 15.2 Å². The summed E-state index contributed by atoms with van der Waals surface area (Å²) in [6.07, 6.45) is 5.12. The van der Waals surface area contributed by atoms with E-state index in [-0.39, 0.29) is 34.8 Å². The number of nitrogens with one attached hydrogen (secondary N) is 1. The van der Waals surface area contributed by atoms with E-state index in [0.29, 0.717) is 0 Å². The minimum atomic E-state index is -3.98. The maximum Gasteiger partial charge on any atom is 0.271 e. The number of hydrogen-bond acceptors (Lipinski definition) is 6. The minimum absolute atomic E-state index is 0.0625. The van der Waals surface area contributed by atoms with Gasteiger partial charge in [-0.25, -0.2) is 13.1 Å². The van der Waals surface area contributed by atoms with Crippen molar-refractivity contribution in [2.75, 3.05) is 13.7 Å². The van der Waals surface area contributed by atoms with Gasteiger partial charge in [0, 0.05) is 24.7 Å². The van der Waals surface area contributed by atoms with E-state index in [9.17, 15) is 18.5 Å². The standard InChI is InChI=1S/C15H23N3O5S/c1-23-14-8-7-12(18(19)20)9-15(14)24(21,22)17-13(10-16)11-5-3-2-4-6-11/h7-9,11,13,17H,2-6,10,16H2,1H3. The minimum Gasteiger partial charge on any atom is -0.495 e. The van der Waals surface area contributed by atoms with Crippen LogP contribution in [0, 0.1) is 16.0 Å². The Morgan fingerprint density at radius 1 is 1.38 bits per heavy atom. The van der Waals surface area contributed by atoms with E-state index in [4.69, 9.17) is 10.5 Å². The van der Waals surface area contributed by atoms with E-state index >= 15 is 0 Å². The molecule has 1 aliphatic rings. The van der Waals surface area contributed by atoms with Gasteiger partial charge in [0.2, 0.25) is 10.0 Å². The lowest BCUT2D eigenvalue weighted by Crippen LogP contribution is -2.45. The SMILES string of the molecule is COc1ccc([N+](=O)[O-])cc1S(=O)(=O)NC(CN)C1CCCCC1. The predicted molar refractivity (Wildman–Crippen MR) is 89.4 cm³/mol. The Kier molecular flexibility index (Phi) is 6.14. The van der Waals surface area contributed by atoms with Gasteiger partial charge < -0.3 is 10.5 Å². The second kappa shape index (κ2) is 7.91. The molecule has 24 heavy (non-hydrogen) atoms. The highest BCUT2D eigenvalue weighted by atomic mass is 32.2. The second-order valence-electron chi connectivity index (χ2n) is 5.95. The molecular formula is C15H23N3O5S. The zero-order valence-electron chi connectivity index (χ0n) is 13.6. The van der Waals surface area contributed by atoms with E-state index in [1.54, 1.807) is 0 Å². The molecule has 0 aromatic heterocycles. The van der Waals surface area contributed by atoms with Crippen LogP contribution >= 0.6 is 0 Å². The fraction of sp³-hybridized carbons (Fsp3) is 0.600. The van der Waals surface area contributed by atoms with Gasteiger partial charge in [-0.3, -0.25) is 10.1 Å². The third kappa shape index (κ3) is 4.22. The normalized spacial score (nSPS) is 17.4. The number of nitrogens with two attached hydrogens (primary N) is 1. The smallest absolute Gasteiger partial charge is 0.271 e. The van der Waals surface area contributed by atoms with Crippen LogP contribution in [0.2, 0.25) is 0 Å². The van der Waals surface area contributed by atoms with Crippen LogP contribution in [-0.4, -0.2) is 33.0 Å². The predicted octanol–water partition coefficient (Wildman–Crippen LogP) is 1.79. The number of nitro benzene ring substituents is 1. The fourth-order valence-corrected chi connectivity index (χ4v) is 4.63. The molecule has 1 fully saturated rings. The maximum absolute atomic E-state index is 12.7. The maximum atomic E-state index is 12.7.